The Balaban J connectivity index is 2.59. The van der Waals surface area contributed by atoms with Gasteiger partial charge in [0.25, 0.3) is 0 Å². The highest BCUT2D eigenvalue weighted by Crippen LogP contribution is 2.34. The van der Waals surface area contributed by atoms with Crippen molar-refractivity contribution in [2.24, 2.45) is 4.99 Å². The molecular weight excluding hydrogens is 169 g/mol. The minimum atomic E-state index is -0.257. The lowest BCUT2D eigenvalue weighted by Crippen LogP contribution is -1.97. The maximum Gasteiger partial charge on any atom is 0.147 e. The Labute approximate surface area is 76.1 Å². The molecule has 0 saturated carbocycles. The van der Waals surface area contributed by atoms with Gasteiger partial charge in [-0.15, -0.1) is 0 Å². The van der Waals surface area contributed by atoms with Crippen molar-refractivity contribution in [3.05, 3.63) is 23.5 Å². The van der Waals surface area contributed by atoms with Crippen LogP contribution in [0, 0.1) is 5.82 Å². The molecule has 1 heterocycles. The van der Waals surface area contributed by atoms with E-state index in [1.54, 1.807) is 0 Å². The number of hydrogen-bond donors (Lipinski definition) is 0. The van der Waals surface area contributed by atoms with Gasteiger partial charge >= 0.3 is 0 Å². The van der Waals surface area contributed by atoms with Crippen molar-refractivity contribution >= 4 is 11.9 Å². The number of ether oxygens (including phenoxy) is 1. The lowest BCUT2D eigenvalue weighted by Gasteiger charge is -2.12. The number of fused-ring (bicyclic) bond motifs is 1. The summed E-state index contributed by atoms with van der Waals surface area (Å²) in [7, 11) is 1.53. The van der Waals surface area contributed by atoms with Crippen molar-refractivity contribution in [3.8, 4) is 5.75 Å². The Bertz CT molecular complexity index is 360. The zero-order chi connectivity index (χ0) is 9.26. The summed E-state index contributed by atoms with van der Waals surface area (Å²) in [6, 6.07) is 2.88. The van der Waals surface area contributed by atoms with Crippen LogP contribution >= 0.6 is 0 Å². The number of benzene rings is 1. The molecule has 2 nitrogen and oxygen atoms in total. The highest BCUT2D eigenvalue weighted by atomic mass is 19.1. The van der Waals surface area contributed by atoms with Gasteiger partial charge in [-0.2, -0.15) is 0 Å². The molecule has 1 aromatic rings. The van der Waals surface area contributed by atoms with Crippen LogP contribution in [-0.2, 0) is 6.42 Å². The molecule has 0 bridgehead atoms. The van der Waals surface area contributed by atoms with Crippen molar-refractivity contribution in [2.45, 2.75) is 12.8 Å². The van der Waals surface area contributed by atoms with Gasteiger partial charge in [0, 0.05) is 12.3 Å². The summed E-state index contributed by atoms with van der Waals surface area (Å²) >= 11 is 0. The SMILES string of the molecule is COc1cc(F)cc2c1N=CCC2. The number of aliphatic imine (C=N–C) groups is 1. The zero-order valence-corrected chi connectivity index (χ0v) is 7.38. The van der Waals surface area contributed by atoms with Crippen molar-refractivity contribution < 1.29 is 9.13 Å². The first-order chi connectivity index (χ1) is 6.31. The van der Waals surface area contributed by atoms with Crippen LogP contribution in [-0.4, -0.2) is 13.3 Å². The average Bonchev–Trinajstić information content (AvgIpc) is 2.16. The zero-order valence-electron chi connectivity index (χ0n) is 7.38. The van der Waals surface area contributed by atoms with Gasteiger partial charge in [-0.25, -0.2) is 4.39 Å². The number of nitrogens with zero attached hydrogens (tertiary/aromatic N) is 1. The fourth-order valence-electron chi connectivity index (χ4n) is 1.50. The fourth-order valence-corrected chi connectivity index (χ4v) is 1.50. The quantitative estimate of drug-likeness (QED) is 0.649. The highest BCUT2D eigenvalue weighted by molar-refractivity contribution is 5.72. The van der Waals surface area contributed by atoms with Crippen LogP contribution in [0.25, 0.3) is 0 Å². The van der Waals surface area contributed by atoms with E-state index in [2.05, 4.69) is 4.99 Å². The maximum absolute atomic E-state index is 13.0. The second-order valence-corrected chi connectivity index (χ2v) is 2.97. The number of aryl methyl sites for hydroxylation is 1. The van der Waals surface area contributed by atoms with Crippen LogP contribution in [0.1, 0.15) is 12.0 Å². The van der Waals surface area contributed by atoms with E-state index in [0.717, 1.165) is 24.1 Å². The van der Waals surface area contributed by atoms with Gasteiger partial charge in [-0.3, -0.25) is 4.99 Å². The second-order valence-electron chi connectivity index (χ2n) is 2.97. The van der Waals surface area contributed by atoms with Gasteiger partial charge in [-0.05, 0) is 24.5 Å². The predicted octanol–water partition coefficient (Wildman–Crippen LogP) is 2.48. The third-order valence-corrected chi connectivity index (χ3v) is 2.10. The molecule has 0 fully saturated rings. The topological polar surface area (TPSA) is 21.6 Å². The molecule has 0 N–H and O–H groups in total. The molecule has 0 radical (unpaired) electrons. The minimum absolute atomic E-state index is 0.257. The van der Waals surface area contributed by atoms with Gasteiger partial charge < -0.3 is 4.74 Å². The van der Waals surface area contributed by atoms with Gasteiger partial charge in [0.15, 0.2) is 0 Å². The largest absolute Gasteiger partial charge is 0.494 e. The Morgan fingerprint density at radius 1 is 1.46 bits per heavy atom. The summed E-state index contributed by atoms with van der Waals surface area (Å²) < 4.78 is 18.0. The number of hydrogen-bond acceptors (Lipinski definition) is 2. The molecule has 1 aromatic carbocycles. The number of methoxy groups -OCH3 is 1. The van der Waals surface area contributed by atoms with E-state index in [1.807, 2.05) is 6.21 Å². The van der Waals surface area contributed by atoms with Crippen LogP contribution in [0.2, 0.25) is 0 Å². The molecule has 68 valence electrons. The van der Waals surface area contributed by atoms with Crippen LogP contribution in [0.15, 0.2) is 17.1 Å². The molecule has 0 aromatic heterocycles. The van der Waals surface area contributed by atoms with Crippen molar-refractivity contribution in [2.75, 3.05) is 7.11 Å². The minimum Gasteiger partial charge on any atom is -0.494 e. The first-order valence-electron chi connectivity index (χ1n) is 4.20. The normalized spacial score (nSPS) is 14.0. The molecule has 2 rings (SSSR count). The monoisotopic (exact) mass is 179 g/mol. The standard InChI is InChI=1S/C10H10FNO/c1-13-9-6-8(11)5-7-3-2-4-12-10(7)9/h4-6H,2-3H2,1H3. The molecule has 0 unspecified atom stereocenters. The summed E-state index contributed by atoms with van der Waals surface area (Å²) in [5.41, 5.74) is 1.70. The molecule has 13 heavy (non-hydrogen) atoms. The van der Waals surface area contributed by atoms with Gasteiger partial charge in [0.1, 0.15) is 17.3 Å². The summed E-state index contributed by atoms with van der Waals surface area (Å²) in [6.07, 6.45) is 3.55. The van der Waals surface area contributed by atoms with E-state index in [4.69, 9.17) is 4.74 Å². The highest BCUT2D eigenvalue weighted by Gasteiger charge is 2.12. The summed E-state index contributed by atoms with van der Waals surface area (Å²) in [4.78, 5) is 4.19. The molecule has 0 amide bonds. The summed E-state index contributed by atoms with van der Waals surface area (Å²) in [5.74, 6) is 0.263. The van der Waals surface area contributed by atoms with Crippen LogP contribution in [0.3, 0.4) is 0 Å². The summed E-state index contributed by atoms with van der Waals surface area (Å²) in [5, 5.41) is 0. The van der Waals surface area contributed by atoms with Gasteiger partial charge in [0.2, 0.25) is 0 Å². The van der Waals surface area contributed by atoms with E-state index in [-0.39, 0.29) is 5.82 Å². The Kier molecular flexibility index (Phi) is 2.00. The summed E-state index contributed by atoms with van der Waals surface area (Å²) in [6.45, 7) is 0. The molecule has 0 spiro atoms. The molecule has 0 atom stereocenters. The van der Waals surface area contributed by atoms with Crippen molar-refractivity contribution in [3.63, 3.8) is 0 Å². The first kappa shape index (κ1) is 8.23. The van der Waals surface area contributed by atoms with Crippen LogP contribution in [0.5, 0.6) is 5.75 Å². The van der Waals surface area contributed by atoms with Crippen LogP contribution < -0.4 is 4.74 Å². The molecule has 0 aliphatic carbocycles. The third-order valence-electron chi connectivity index (χ3n) is 2.10. The van der Waals surface area contributed by atoms with E-state index < -0.39 is 0 Å². The maximum atomic E-state index is 13.0. The van der Waals surface area contributed by atoms with Gasteiger partial charge in [-0.1, -0.05) is 0 Å². The number of halogens is 1. The Hall–Kier alpha value is -1.38. The van der Waals surface area contributed by atoms with Crippen molar-refractivity contribution in [1.82, 2.24) is 0 Å². The lowest BCUT2D eigenvalue weighted by atomic mass is 10.0. The van der Waals surface area contributed by atoms with E-state index in [9.17, 15) is 4.39 Å². The first-order valence-corrected chi connectivity index (χ1v) is 4.20. The van der Waals surface area contributed by atoms with Crippen LogP contribution in [0.4, 0.5) is 10.1 Å². The van der Waals surface area contributed by atoms with E-state index in [0.29, 0.717) is 5.75 Å². The molecular formula is C10H10FNO. The Morgan fingerprint density at radius 2 is 2.31 bits per heavy atom. The number of rotatable bonds is 1. The fraction of sp³-hybridized carbons (Fsp3) is 0.300. The van der Waals surface area contributed by atoms with E-state index in [1.165, 1.54) is 19.2 Å². The Morgan fingerprint density at radius 3 is 3.08 bits per heavy atom. The molecule has 3 heteroatoms. The molecule has 0 saturated heterocycles. The average molecular weight is 179 g/mol. The lowest BCUT2D eigenvalue weighted by molar-refractivity contribution is 0.412. The molecule has 1 aliphatic rings. The predicted molar refractivity (Wildman–Crippen MR) is 49.4 cm³/mol. The van der Waals surface area contributed by atoms with Gasteiger partial charge in [0.05, 0.1) is 7.11 Å². The van der Waals surface area contributed by atoms with E-state index >= 15 is 0 Å². The molecule has 1 aliphatic heterocycles. The second kappa shape index (κ2) is 3.17. The third kappa shape index (κ3) is 1.41. The van der Waals surface area contributed by atoms with Crippen molar-refractivity contribution in [1.29, 1.82) is 0 Å². The smallest absolute Gasteiger partial charge is 0.147 e.